The van der Waals surface area contributed by atoms with Gasteiger partial charge in [0.2, 0.25) is 5.95 Å². The van der Waals surface area contributed by atoms with Crippen molar-refractivity contribution in [3.63, 3.8) is 0 Å². The van der Waals surface area contributed by atoms with Crippen molar-refractivity contribution in [3.8, 4) is 22.6 Å². The Balaban J connectivity index is 1.42. The van der Waals surface area contributed by atoms with E-state index in [1.807, 2.05) is 68.4 Å². The van der Waals surface area contributed by atoms with Gasteiger partial charge in [-0.05, 0) is 74.6 Å². The second-order valence-corrected chi connectivity index (χ2v) is 13.3. The molecule has 11 nitrogen and oxygen atoms in total. The van der Waals surface area contributed by atoms with Crippen LogP contribution in [0.25, 0.3) is 22.2 Å². The summed E-state index contributed by atoms with van der Waals surface area (Å²) in [7, 11) is 6.96. The first-order valence-electron chi connectivity index (χ1n) is 17.1. The van der Waals surface area contributed by atoms with Gasteiger partial charge in [0.15, 0.2) is 5.78 Å². The molecule has 6 rings (SSSR count). The number of likely N-dealkylation sites (N-methyl/N-ethyl adjacent to an activating group) is 1. The number of nitrogens with one attached hydrogen (secondary N) is 1. The first-order chi connectivity index (χ1) is 25.1. The summed E-state index contributed by atoms with van der Waals surface area (Å²) in [5.41, 5.74) is 4.51. The molecule has 0 aliphatic carbocycles. The van der Waals surface area contributed by atoms with E-state index in [1.54, 1.807) is 42.1 Å². The molecular weight excluding hydrogens is 680 g/mol. The number of ketones is 1. The summed E-state index contributed by atoms with van der Waals surface area (Å²) in [5, 5.41) is 4.22. The monoisotopic (exact) mass is 722 g/mol. The fourth-order valence-corrected chi connectivity index (χ4v) is 6.53. The molecule has 1 unspecified atom stereocenters. The van der Waals surface area contributed by atoms with E-state index in [0.29, 0.717) is 59.4 Å². The third-order valence-electron chi connectivity index (χ3n) is 9.00. The molecule has 12 heteroatoms. The lowest BCUT2D eigenvalue weighted by Crippen LogP contribution is -2.36. The summed E-state index contributed by atoms with van der Waals surface area (Å²) in [4.78, 5) is 41.3. The number of allylic oxidation sites excluding steroid dienone is 1. The van der Waals surface area contributed by atoms with Crippen LogP contribution in [0.5, 0.6) is 11.5 Å². The van der Waals surface area contributed by atoms with Gasteiger partial charge in [-0.1, -0.05) is 41.9 Å². The number of benzene rings is 3. The van der Waals surface area contributed by atoms with Crippen molar-refractivity contribution in [2.75, 3.05) is 71.4 Å². The molecule has 1 atom stereocenters. The van der Waals surface area contributed by atoms with Crippen LogP contribution in [-0.2, 0) is 16.0 Å². The number of anilines is 3. The minimum atomic E-state index is -0.490. The lowest BCUT2D eigenvalue weighted by atomic mass is 10.00. The summed E-state index contributed by atoms with van der Waals surface area (Å²) in [6, 6.07) is 20.5. The fourth-order valence-electron chi connectivity index (χ4n) is 6.24. The van der Waals surface area contributed by atoms with Crippen molar-refractivity contribution in [1.82, 2.24) is 19.4 Å². The SMILES string of the molecule is COc1cc(OC)c(Cl)c(-c2cc3cnc(Nc4ccc(N5CCOCC5)cc4)nc3n(C(C)c3cccc(CC(=O)/C=C/CN(C)C)c3)c2=O)c1. The highest BCUT2D eigenvalue weighted by Crippen LogP contribution is 2.39. The molecule has 0 radical (unpaired) electrons. The number of carbonyl (C=O) groups is 1. The van der Waals surface area contributed by atoms with E-state index in [2.05, 4.69) is 27.3 Å². The molecular formula is C40H43ClN6O5. The number of aromatic nitrogens is 3. The first kappa shape index (κ1) is 36.6. The average molecular weight is 723 g/mol. The third-order valence-corrected chi connectivity index (χ3v) is 9.39. The van der Waals surface area contributed by atoms with Crippen molar-refractivity contribution in [3.05, 3.63) is 112 Å². The van der Waals surface area contributed by atoms with Gasteiger partial charge in [0.1, 0.15) is 17.1 Å². The number of hydrogen-bond acceptors (Lipinski definition) is 10. The van der Waals surface area contributed by atoms with Gasteiger partial charge >= 0.3 is 0 Å². The van der Waals surface area contributed by atoms with E-state index < -0.39 is 6.04 Å². The summed E-state index contributed by atoms with van der Waals surface area (Å²) >= 11 is 6.82. The molecule has 1 aliphatic heterocycles. The second-order valence-electron chi connectivity index (χ2n) is 12.9. The van der Waals surface area contributed by atoms with Gasteiger partial charge in [-0.25, -0.2) is 4.98 Å². The van der Waals surface area contributed by atoms with Gasteiger partial charge in [0.05, 0.1) is 38.5 Å². The minimum absolute atomic E-state index is 0.000633. The van der Waals surface area contributed by atoms with Crippen LogP contribution < -0.4 is 25.2 Å². The molecule has 0 amide bonds. The Morgan fingerprint density at radius 1 is 1.04 bits per heavy atom. The standard InChI is InChI=1S/C40H43ClN6O5/c1-26(28-9-6-8-27(20-28)21-32(48)10-7-15-45(2)3)47-38-29(22-35(39(47)49)34-23-33(50-4)24-36(51-5)37(34)41)25-42-40(44-38)43-30-11-13-31(14-12-30)46-16-18-52-19-17-46/h6-14,20,22-26H,15-19,21H2,1-5H3,(H,42,43,44)/b10-7+. The zero-order valence-electron chi connectivity index (χ0n) is 30.1. The average Bonchev–Trinajstić information content (AvgIpc) is 3.15. The summed E-state index contributed by atoms with van der Waals surface area (Å²) < 4.78 is 18.2. The lowest BCUT2D eigenvalue weighted by Gasteiger charge is -2.28. The molecule has 270 valence electrons. The highest BCUT2D eigenvalue weighted by Gasteiger charge is 2.23. The number of halogens is 1. The number of carbonyl (C=O) groups excluding carboxylic acids is 1. The van der Waals surface area contributed by atoms with E-state index in [4.69, 9.17) is 30.8 Å². The third kappa shape index (κ3) is 8.28. The van der Waals surface area contributed by atoms with Gasteiger partial charge in [0.25, 0.3) is 5.56 Å². The predicted octanol–water partition coefficient (Wildman–Crippen LogP) is 6.55. The Morgan fingerprint density at radius 2 is 1.81 bits per heavy atom. The normalized spacial score (nSPS) is 13.9. The van der Waals surface area contributed by atoms with Crippen LogP contribution in [-0.4, -0.2) is 86.4 Å². The maximum Gasteiger partial charge on any atom is 0.260 e. The lowest BCUT2D eigenvalue weighted by molar-refractivity contribution is -0.114. The first-order valence-corrected chi connectivity index (χ1v) is 17.5. The highest BCUT2D eigenvalue weighted by molar-refractivity contribution is 6.35. The second kappa shape index (κ2) is 16.4. The van der Waals surface area contributed by atoms with Crippen LogP contribution in [0.1, 0.15) is 24.1 Å². The highest BCUT2D eigenvalue weighted by atomic mass is 35.5. The maximum absolute atomic E-state index is 14.7. The van der Waals surface area contributed by atoms with Gasteiger partial charge in [0, 0.05) is 66.2 Å². The van der Waals surface area contributed by atoms with Crippen molar-refractivity contribution >= 4 is 45.7 Å². The van der Waals surface area contributed by atoms with Gasteiger partial charge in [-0.2, -0.15) is 4.98 Å². The van der Waals surface area contributed by atoms with Crippen LogP contribution in [0, 0.1) is 0 Å². The van der Waals surface area contributed by atoms with Crippen LogP contribution in [0.15, 0.2) is 89.9 Å². The number of nitrogens with zero attached hydrogens (tertiary/aromatic N) is 5. The van der Waals surface area contributed by atoms with E-state index >= 15 is 0 Å². The number of pyridine rings is 1. The van der Waals surface area contributed by atoms with E-state index in [1.165, 1.54) is 7.11 Å². The number of methoxy groups -OCH3 is 2. The van der Waals surface area contributed by atoms with Gasteiger partial charge < -0.3 is 29.3 Å². The van der Waals surface area contributed by atoms with Gasteiger partial charge in [-0.3, -0.25) is 14.2 Å². The topological polar surface area (TPSA) is 111 Å². The van der Waals surface area contributed by atoms with Gasteiger partial charge in [-0.15, -0.1) is 0 Å². The number of rotatable bonds is 13. The van der Waals surface area contributed by atoms with Crippen LogP contribution >= 0.6 is 11.6 Å². The van der Waals surface area contributed by atoms with Crippen LogP contribution in [0.2, 0.25) is 5.02 Å². The Morgan fingerprint density at radius 3 is 2.52 bits per heavy atom. The zero-order chi connectivity index (χ0) is 36.8. The molecule has 5 aromatic rings. The minimum Gasteiger partial charge on any atom is -0.497 e. The Bertz CT molecular complexity index is 2140. The molecule has 52 heavy (non-hydrogen) atoms. The van der Waals surface area contributed by atoms with Crippen LogP contribution in [0.3, 0.4) is 0 Å². The molecule has 0 spiro atoms. The molecule has 1 N–H and O–H groups in total. The molecule has 1 saturated heterocycles. The molecule has 3 heterocycles. The van der Waals surface area contributed by atoms with E-state index in [9.17, 15) is 9.59 Å². The van der Waals surface area contributed by atoms with E-state index in [-0.39, 0.29) is 22.8 Å². The number of fused-ring (bicyclic) bond motifs is 1. The molecule has 2 aromatic heterocycles. The fraction of sp³-hybridized carbons (Fsp3) is 0.300. The van der Waals surface area contributed by atoms with Crippen molar-refractivity contribution in [1.29, 1.82) is 0 Å². The smallest absolute Gasteiger partial charge is 0.260 e. The molecule has 0 bridgehead atoms. The number of morpholine rings is 1. The summed E-state index contributed by atoms with van der Waals surface area (Å²) in [5.74, 6) is 1.20. The summed E-state index contributed by atoms with van der Waals surface area (Å²) in [6.45, 7) is 5.73. The zero-order valence-corrected chi connectivity index (χ0v) is 30.8. The molecule has 3 aromatic carbocycles. The Labute approximate surface area is 308 Å². The predicted molar refractivity (Wildman–Crippen MR) is 207 cm³/mol. The van der Waals surface area contributed by atoms with E-state index in [0.717, 1.165) is 35.6 Å². The van der Waals surface area contributed by atoms with Crippen molar-refractivity contribution < 1.29 is 19.0 Å². The number of ether oxygens (including phenoxy) is 3. The maximum atomic E-state index is 14.7. The Hall–Kier alpha value is -5.23. The van der Waals surface area contributed by atoms with Crippen molar-refractivity contribution in [2.45, 2.75) is 19.4 Å². The largest absolute Gasteiger partial charge is 0.497 e. The Kier molecular flexibility index (Phi) is 11.5. The molecule has 1 fully saturated rings. The quantitative estimate of drug-likeness (QED) is 0.134. The molecule has 1 aliphatic rings. The number of hydrogen-bond donors (Lipinski definition) is 1. The van der Waals surface area contributed by atoms with Crippen LogP contribution in [0.4, 0.5) is 17.3 Å². The van der Waals surface area contributed by atoms with Crippen molar-refractivity contribution in [2.24, 2.45) is 0 Å². The summed E-state index contributed by atoms with van der Waals surface area (Å²) in [6.07, 6.45) is 5.40. The molecule has 0 saturated carbocycles.